The van der Waals surface area contributed by atoms with Gasteiger partial charge in [-0.3, -0.25) is 9.79 Å². The Morgan fingerprint density at radius 3 is 2.74 bits per heavy atom. The Balaban J connectivity index is 1.59. The number of allylic oxidation sites excluding steroid dienone is 4. The summed E-state index contributed by atoms with van der Waals surface area (Å²) in [4.78, 5) is 16.9. The molecule has 1 amide bonds. The van der Waals surface area contributed by atoms with Crippen LogP contribution in [0.5, 0.6) is 0 Å². The Bertz CT molecular complexity index is 717. The zero-order valence-electron chi connectivity index (χ0n) is 12.7. The molecule has 4 nitrogen and oxygen atoms in total. The normalized spacial score (nSPS) is 30.7. The van der Waals surface area contributed by atoms with Crippen LogP contribution in [0.3, 0.4) is 0 Å². The Hall–Kier alpha value is -2.62. The minimum Gasteiger partial charge on any atom is -0.368 e. The number of aliphatic imine (C=N–C) groups is 1. The van der Waals surface area contributed by atoms with Gasteiger partial charge in [0.2, 0.25) is 0 Å². The quantitative estimate of drug-likeness (QED) is 0.881. The zero-order chi connectivity index (χ0) is 15.6. The number of dihydropyridines is 1. The SMILES string of the molecule is O=C(NC1NC2=CC=NCC2C2C=CC=CC12)c1ccccc1. The van der Waals surface area contributed by atoms with Crippen LogP contribution in [0, 0.1) is 17.8 Å². The fourth-order valence-electron chi connectivity index (χ4n) is 3.61. The molecule has 0 spiro atoms. The molecule has 116 valence electrons. The second-order valence-corrected chi connectivity index (χ2v) is 6.13. The van der Waals surface area contributed by atoms with Gasteiger partial charge in [-0.15, -0.1) is 0 Å². The van der Waals surface area contributed by atoms with E-state index in [-0.39, 0.29) is 18.0 Å². The molecule has 1 aliphatic carbocycles. The van der Waals surface area contributed by atoms with Crippen LogP contribution >= 0.6 is 0 Å². The molecule has 3 aliphatic rings. The zero-order valence-corrected chi connectivity index (χ0v) is 12.7. The number of rotatable bonds is 2. The van der Waals surface area contributed by atoms with Gasteiger partial charge in [-0.2, -0.15) is 0 Å². The first-order valence-corrected chi connectivity index (χ1v) is 8.00. The maximum absolute atomic E-state index is 12.5. The van der Waals surface area contributed by atoms with E-state index in [2.05, 4.69) is 39.9 Å². The van der Waals surface area contributed by atoms with E-state index in [1.807, 2.05) is 42.6 Å². The third-order valence-corrected chi connectivity index (χ3v) is 4.78. The minimum atomic E-state index is -0.108. The minimum absolute atomic E-state index is 0.0478. The van der Waals surface area contributed by atoms with Crippen LogP contribution in [0.15, 0.2) is 71.4 Å². The van der Waals surface area contributed by atoms with Gasteiger partial charge in [0.25, 0.3) is 5.91 Å². The molecule has 0 saturated carbocycles. The molecule has 2 heterocycles. The molecule has 4 rings (SSSR count). The van der Waals surface area contributed by atoms with Crippen molar-refractivity contribution in [2.24, 2.45) is 22.7 Å². The number of hydrogen-bond donors (Lipinski definition) is 2. The fraction of sp³-hybridized carbons (Fsp3) is 0.263. The Morgan fingerprint density at radius 1 is 1.13 bits per heavy atom. The first-order valence-electron chi connectivity index (χ1n) is 8.00. The second-order valence-electron chi connectivity index (χ2n) is 6.13. The molecule has 4 atom stereocenters. The lowest BCUT2D eigenvalue weighted by molar-refractivity contribution is 0.0891. The predicted octanol–water partition coefficient (Wildman–Crippen LogP) is 2.29. The number of piperidine rings is 1. The summed E-state index contributed by atoms with van der Waals surface area (Å²) in [6.07, 6.45) is 12.3. The molecule has 4 heteroatoms. The molecule has 0 radical (unpaired) electrons. The molecule has 0 bridgehead atoms. The van der Waals surface area contributed by atoms with Gasteiger partial charge in [0.1, 0.15) is 6.17 Å². The molecule has 23 heavy (non-hydrogen) atoms. The summed E-state index contributed by atoms with van der Waals surface area (Å²) < 4.78 is 0. The van der Waals surface area contributed by atoms with Gasteiger partial charge >= 0.3 is 0 Å². The highest BCUT2D eigenvalue weighted by molar-refractivity contribution is 5.94. The van der Waals surface area contributed by atoms with E-state index in [0.717, 1.165) is 6.54 Å². The number of fused-ring (bicyclic) bond motifs is 3. The summed E-state index contributed by atoms with van der Waals surface area (Å²) in [6, 6.07) is 9.34. The van der Waals surface area contributed by atoms with Crippen LogP contribution in [0.4, 0.5) is 0 Å². The summed E-state index contributed by atoms with van der Waals surface area (Å²) in [5, 5.41) is 6.65. The smallest absolute Gasteiger partial charge is 0.252 e. The molecular weight excluding hydrogens is 286 g/mol. The van der Waals surface area contributed by atoms with Crippen molar-refractivity contribution < 1.29 is 4.79 Å². The molecule has 2 aliphatic heterocycles. The Labute approximate surface area is 135 Å². The summed E-state index contributed by atoms with van der Waals surface area (Å²) in [5.74, 6) is 0.929. The molecule has 1 aromatic carbocycles. The van der Waals surface area contributed by atoms with Crippen molar-refractivity contribution in [3.8, 4) is 0 Å². The van der Waals surface area contributed by atoms with Gasteiger partial charge < -0.3 is 10.6 Å². The predicted molar refractivity (Wildman–Crippen MR) is 91.0 cm³/mol. The monoisotopic (exact) mass is 305 g/mol. The Morgan fingerprint density at radius 2 is 1.91 bits per heavy atom. The van der Waals surface area contributed by atoms with E-state index in [0.29, 0.717) is 17.4 Å². The number of amides is 1. The van der Waals surface area contributed by atoms with Gasteiger partial charge in [0, 0.05) is 35.9 Å². The van der Waals surface area contributed by atoms with E-state index < -0.39 is 0 Å². The number of carbonyl (C=O) groups excluding carboxylic acids is 1. The molecule has 4 unspecified atom stereocenters. The molecular formula is C19H19N3O. The lowest BCUT2D eigenvalue weighted by Crippen LogP contribution is -2.58. The fourth-order valence-corrected chi connectivity index (χ4v) is 3.61. The van der Waals surface area contributed by atoms with Crippen LogP contribution < -0.4 is 10.6 Å². The van der Waals surface area contributed by atoms with Crippen LogP contribution in [0.1, 0.15) is 10.4 Å². The third kappa shape index (κ3) is 2.61. The number of nitrogens with one attached hydrogen (secondary N) is 2. The number of carbonyl (C=O) groups is 1. The first-order chi connectivity index (χ1) is 11.3. The van der Waals surface area contributed by atoms with E-state index in [1.54, 1.807) is 0 Å². The van der Waals surface area contributed by atoms with Gasteiger partial charge in [0.05, 0.1) is 0 Å². The van der Waals surface area contributed by atoms with E-state index in [9.17, 15) is 4.79 Å². The van der Waals surface area contributed by atoms with Crippen molar-refractivity contribution in [3.05, 3.63) is 72.0 Å². The molecule has 0 aromatic heterocycles. The maximum Gasteiger partial charge on any atom is 0.252 e. The van der Waals surface area contributed by atoms with E-state index in [1.165, 1.54) is 5.70 Å². The highest BCUT2D eigenvalue weighted by Gasteiger charge is 2.41. The van der Waals surface area contributed by atoms with Crippen LogP contribution in [0.25, 0.3) is 0 Å². The van der Waals surface area contributed by atoms with Crippen LogP contribution in [-0.4, -0.2) is 24.8 Å². The van der Waals surface area contributed by atoms with Crippen molar-refractivity contribution in [2.75, 3.05) is 6.54 Å². The van der Waals surface area contributed by atoms with Crippen LogP contribution in [0.2, 0.25) is 0 Å². The largest absolute Gasteiger partial charge is 0.368 e. The van der Waals surface area contributed by atoms with Crippen molar-refractivity contribution in [1.82, 2.24) is 10.6 Å². The van der Waals surface area contributed by atoms with Gasteiger partial charge in [-0.1, -0.05) is 42.5 Å². The molecule has 1 aromatic rings. The third-order valence-electron chi connectivity index (χ3n) is 4.78. The summed E-state index contributed by atoms with van der Waals surface area (Å²) in [6.45, 7) is 0.803. The first kappa shape index (κ1) is 14.0. The highest BCUT2D eigenvalue weighted by Crippen LogP contribution is 2.38. The van der Waals surface area contributed by atoms with Gasteiger partial charge in [-0.05, 0) is 24.1 Å². The van der Waals surface area contributed by atoms with Crippen LogP contribution in [-0.2, 0) is 0 Å². The summed E-state index contributed by atoms with van der Waals surface area (Å²) in [5.41, 5.74) is 1.85. The topological polar surface area (TPSA) is 53.5 Å². The van der Waals surface area contributed by atoms with Crippen molar-refractivity contribution in [1.29, 1.82) is 0 Å². The number of nitrogens with zero attached hydrogens (tertiary/aromatic N) is 1. The lowest BCUT2D eigenvalue weighted by atomic mass is 9.72. The standard InChI is InChI=1S/C19H19N3O/c23-19(13-6-2-1-3-7-13)22-18-15-9-5-4-8-14(15)16-12-20-11-10-17(16)21-18/h1-11,14-16,18,21H,12H2,(H,22,23). The second kappa shape index (κ2) is 5.88. The average molecular weight is 305 g/mol. The van der Waals surface area contributed by atoms with E-state index >= 15 is 0 Å². The van der Waals surface area contributed by atoms with Crippen molar-refractivity contribution in [2.45, 2.75) is 6.17 Å². The molecule has 1 saturated heterocycles. The maximum atomic E-state index is 12.5. The number of benzene rings is 1. The van der Waals surface area contributed by atoms with Gasteiger partial charge in [0.15, 0.2) is 0 Å². The summed E-state index contributed by atoms with van der Waals surface area (Å²) >= 11 is 0. The molecule has 2 N–H and O–H groups in total. The van der Waals surface area contributed by atoms with E-state index in [4.69, 9.17) is 0 Å². The lowest BCUT2D eigenvalue weighted by Gasteiger charge is -2.44. The molecule has 1 fully saturated rings. The van der Waals surface area contributed by atoms with Gasteiger partial charge in [-0.25, -0.2) is 0 Å². The van der Waals surface area contributed by atoms with Crippen molar-refractivity contribution in [3.63, 3.8) is 0 Å². The summed E-state index contributed by atoms with van der Waals surface area (Å²) in [7, 11) is 0. The van der Waals surface area contributed by atoms with Crippen molar-refractivity contribution >= 4 is 12.1 Å². The average Bonchev–Trinajstić information content (AvgIpc) is 2.62. The Kier molecular flexibility index (Phi) is 3.58. The highest BCUT2D eigenvalue weighted by atomic mass is 16.1. The number of hydrogen-bond acceptors (Lipinski definition) is 3.